The van der Waals surface area contributed by atoms with E-state index < -0.39 is 49.5 Å². The zero-order chi connectivity index (χ0) is 31.7. The number of ether oxygens (including phenoxy) is 2. The SMILES string of the molecule is CCCCCCCCCCCCC(=O)N[C@@H](CO[C@@H]1O[C@H](CO)[C@@H](O)C(O)C1O)[C@H](O)CCCCCCCCCCCC. The minimum atomic E-state index is -1.54. The molecule has 7 atom stereocenters. The lowest BCUT2D eigenvalue weighted by Crippen LogP contribution is -2.60. The number of hydrogen-bond acceptors (Lipinski definition) is 8. The molecular weight excluding hydrogens is 550 g/mol. The van der Waals surface area contributed by atoms with E-state index in [4.69, 9.17) is 9.47 Å². The van der Waals surface area contributed by atoms with Crippen LogP contribution < -0.4 is 5.32 Å². The predicted molar refractivity (Wildman–Crippen MR) is 171 cm³/mol. The number of unbranched alkanes of at least 4 members (excludes halogenated alkanes) is 18. The monoisotopic (exact) mass is 617 g/mol. The van der Waals surface area contributed by atoms with Crippen LogP contribution in [0.25, 0.3) is 0 Å². The standard InChI is InChI=1S/C34H67NO8/c1-3-5-7-9-11-13-15-17-19-21-23-28(37)27(26-42-34-33(41)32(40)31(39)29(25-36)43-34)35-30(38)24-22-20-18-16-14-12-10-8-6-4-2/h27-29,31-34,36-37,39-41H,3-26H2,1-2H3,(H,35,38)/t27-,28+,29+,31+,32?,33?,34+/m0/s1. The third-order valence-corrected chi connectivity index (χ3v) is 8.71. The molecule has 1 rings (SSSR count). The maximum Gasteiger partial charge on any atom is 0.220 e. The van der Waals surface area contributed by atoms with E-state index >= 15 is 0 Å². The average molecular weight is 618 g/mol. The number of aliphatic hydroxyl groups excluding tert-OH is 5. The molecule has 1 aliphatic heterocycles. The van der Waals surface area contributed by atoms with Gasteiger partial charge in [0.1, 0.15) is 24.4 Å². The molecule has 256 valence electrons. The van der Waals surface area contributed by atoms with Gasteiger partial charge in [-0.05, 0) is 12.8 Å². The number of carbonyl (C=O) groups excluding carboxylic acids is 1. The van der Waals surface area contributed by atoms with Crippen molar-refractivity contribution in [3.05, 3.63) is 0 Å². The first-order chi connectivity index (χ1) is 20.8. The Labute approximate surface area is 262 Å². The summed E-state index contributed by atoms with van der Waals surface area (Å²) in [6.07, 6.45) is 16.9. The Morgan fingerprint density at radius 3 is 1.65 bits per heavy atom. The highest BCUT2D eigenvalue weighted by Gasteiger charge is 2.44. The largest absolute Gasteiger partial charge is 0.394 e. The second-order valence-electron chi connectivity index (χ2n) is 12.7. The molecule has 1 fully saturated rings. The van der Waals surface area contributed by atoms with Gasteiger partial charge in [0.15, 0.2) is 6.29 Å². The van der Waals surface area contributed by atoms with Crippen LogP contribution in [0.1, 0.15) is 155 Å². The summed E-state index contributed by atoms with van der Waals surface area (Å²) in [5, 5.41) is 53.8. The average Bonchev–Trinajstić information content (AvgIpc) is 3.00. The van der Waals surface area contributed by atoms with E-state index in [1.54, 1.807) is 0 Å². The number of nitrogens with one attached hydrogen (secondary N) is 1. The molecule has 0 radical (unpaired) electrons. The van der Waals surface area contributed by atoms with Gasteiger partial charge in [0.2, 0.25) is 5.91 Å². The molecule has 0 aliphatic carbocycles. The molecule has 0 saturated carbocycles. The van der Waals surface area contributed by atoms with E-state index in [1.165, 1.54) is 89.9 Å². The van der Waals surface area contributed by atoms with Gasteiger partial charge in [-0.1, -0.05) is 136 Å². The molecule has 0 spiro atoms. The van der Waals surface area contributed by atoms with Crippen LogP contribution in [0.5, 0.6) is 0 Å². The van der Waals surface area contributed by atoms with Crippen LogP contribution in [-0.4, -0.2) is 87.5 Å². The summed E-state index contributed by atoms with van der Waals surface area (Å²) in [6.45, 7) is 3.77. The summed E-state index contributed by atoms with van der Waals surface area (Å²) in [5.41, 5.74) is 0. The normalized spacial score (nSPS) is 23.7. The third-order valence-electron chi connectivity index (χ3n) is 8.71. The molecule has 0 aromatic rings. The van der Waals surface area contributed by atoms with Crippen LogP contribution in [0, 0.1) is 0 Å². The van der Waals surface area contributed by atoms with Crippen molar-refractivity contribution in [3.63, 3.8) is 0 Å². The van der Waals surface area contributed by atoms with Gasteiger partial charge in [-0.3, -0.25) is 4.79 Å². The number of aliphatic hydroxyl groups is 5. The van der Waals surface area contributed by atoms with Crippen molar-refractivity contribution in [3.8, 4) is 0 Å². The van der Waals surface area contributed by atoms with Crippen LogP contribution >= 0.6 is 0 Å². The van der Waals surface area contributed by atoms with Crippen LogP contribution in [-0.2, 0) is 14.3 Å². The van der Waals surface area contributed by atoms with Crippen LogP contribution in [0.3, 0.4) is 0 Å². The molecule has 43 heavy (non-hydrogen) atoms. The first-order valence-corrected chi connectivity index (χ1v) is 17.7. The zero-order valence-electron chi connectivity index (χ0n) is 27.5. The smallest absolute Gasteiger partial charge is 0.220 e. The summed E-state index contributed by atoms with van der Waals surface area (Å²) in [7, 11) is 0. The molecule has 1 aliphatic rings. The molecule has 1 heterocycles. The zero-order valence-corrected chi connectivity index (χ0v) is 27.5. The van der Waals surface area contributed by atoms with Crippen LogP contribution in [0.15, 0.2) is 0 Å². The van der Waals surface area contributed by atoms with Crippen molar-refractivity contribution in [1.82, 2.24) is 5.32 Å². The minimum Gasteiger partial charge on any atom is -0.394 e. The quantitative estimate of drug-likeness (QED) is 0.0651. The summed E-state index contributed by atoms with van der Waals surface area (Å²) in [4.78, 5) is 12.8. The van der Waals surface area contributed by atoms with Gasteiger partial charge >= 0.3 is 0 Å². The first kappa shape index (κ1) is 40.2. The summed E-state index contributed by atoms with van der Waals surface area (Å²) in [6, 6.07) is -0.707. The number of carbonyl (C=O) groups is 1. The summed E-state index contributed by atoms with van der Waals surface area (Å²) in [5.74, 6) is -0.149. The highest BCUT2D eigenvalue weighted by atomic mass is 16.7. The van der Waals surface area contributed by atoms with E-state index in [9.17, 15) is 30.3 Å². The molecule has 0 bridgehead atoms. The number of amides is 1. The predicted octanol–water partition coefficient (Wildman–Crippen LogP) is 5.27. The van der Waals surface area contributed by atoms with Crippen molar-refractivity contribution in [2.45, 2.75) is 198 Å². The lowest BCUT2D eigenvalue weighted by molar-refractivity contribution is -0.302. The highest BCUT2D eigenvalue weighted by molar-refractivity contribution is 5.76. The Hall–Kier alpha value is -0.810. The van der Waals surface area contributed by atoms with E-state index in [-0.39, 0.29) is 12.5 Å². The van der Waals surface area contributed by atoms with Crippen LogP contribution in [0.4, 0.5) is 0 Å². The second kappa shape index (κ2) is 26.4. The van der Waals surface area contributed by atoms with Gasteiger partial charge in [0, 0.05) is 6.42 Å². The first-order valence-electron chi connectivity index (χ1n) is 17.7. The minimum absolute atomic E-state index is 0.134. The molecule has 9 nitrogen and oxygen atoms in total. The highest BCUT2D eigenvalue weighted by Crippen LogP contribution is 2.23. The summed E-state index contributed by atoms with van der Waals surface area (Å²) < 4.78 is 11.2. The second-order valence-corrected chi connectivity index (χ2v) is 12.7. The lowest BCUT2D eigenvalue weighted by Gasteiger charge is -2.40. The molecule has 6 N–H and O–H groups in total. The Balaban J connectivity index is 2.47. The van der Waals surface area contributed by atoms with E-state index in [2.05, 4.69) is 19.2 Å². The lowest BCUT2D eigenvalue weighted by atomic mass is 9.99. The Morgan fingerprint density at radius 2 is 1.16 bits per heavy atom. The van der Waals surface area contributed by atoms with Gasteiger partial charge < -0.3 is 40.3 Å². The number of hydrogen-bond donors (Lipinski definition) is 6. The van der Waals surface area contributed by atoms with Gasteiger partial charge in [0.25, 0.3) is 0 Å². The van der Waals surface area contributed by atoms with Gasteiger partial charge in [-0.2, -0.15) is 0 Å². The fraction of sp³-hybridized carbons (Fsp3) is 0.971. The molecular formula is C34H67NO8. The van der Waals surface area contributed by atoms with E-state index in [0.717, 1.165) is 38.5 Å². The molecule has 9 heteroatoms. The maximum absolute atomic E-state index is 12.8. The molecule has 0 aromatic carbocycles. The van der Waals surface area contributed by atoms with E-state index in [1.807, 2.05) is 0 Å². The van der Waals surface area contributed by atoms with Gasteiger partial charge in [0.05, 0.1) is 25.4 Å². The maximum atomic E-state index is 12.8. The number of rotatable bonds is 28. The van der Waals surface area contributed by atoms with Crippen molar-refractivity contribution in [1.29, 1.82) is 0 Å². The Morgan fingerprint density at radius 1 is 0.698 bits per heavy atom. The molecule has 2 unspecified atom stereocenters. The van der Waals surface area contributed by atoms with Crippen molar-refractivity contribution >= 4 is 5.91 Å². The van der Waals surface area contributed by atoms with E-state index in [0.29, 0.717) is 12.8 Å². The van der Waals surface area contributed by atoms with Gasteiger partial charge in [-0.15, -0.1) is 0 Å². The Kier molecular flexibility index (Phi) is 24.7. The molecule has 1 saturated heterocycles. The fourth-order valence-electron chi connectivity index (χ4n) is 5.75. The van der Waals surface area contributed by atoms with Crippen molar-refractivity contribution in [2.24, 2.45) is 0 Å². The molecule has 1 amide bonds. The summed E-state index contributed by atoms with van der Waals surface area (Å²) >= 11 is 0. The van der Waals surface area contributed by atoms with Crippen molar-refractivity contribution < 1.29 is 39.8 Å². The van der Waals surface area contributed by atoms with Crippen molar-refractivity contribution in [2.75, 3.05) is 13.2 Å². The van der Waals surface area contributed by atoms with Gasteiger partial charge in [-0.25, -0.2) is 0 Å². The Bertz CT molecular complexity index is 652. The topological polar surface area (TPSA) is 149 Å². The fourth-order valence-corrected chi connectivity index (χ4v) is 5.75. The van der Waals surface area contributed by atoms with Crippen LogP contribution in [0.2, 0.25) is 0 Å². The molecule has 0 aromatic heterocycles. The third kappa shape index (κ3) is 18.7.